The average Bonchev–Trinajstić information content (AvgIpc) is 3.19. The molecule has 2 aromatic rings. The molecule has 7 nitrogen and oxygen atoms in total. The summed E-state index contributed by atoms with van der Waals surface area (Å²) in [4.78, 5) is 36.1. The van der Waals surface area contributed by atoms with Gasteiger partial charge in [0.25, 0.3) is 0 Å². The smallest absolute Gasteiger partial charge is 0.342 e. The molecule has 0 atom stereocenters. The van der Waals surface area contributed by atoms with E-state index in [-0.39, 0.29) is 41.4 Å². The predicted octanol–water partition coefficient (Wildman–Crippen LogP) is 2.91. The van der Waals surface area contributed by atoms with Gasteiger partial charge in [0, 0.05) is 12.8 Å². The first kappa shape index (κ1) is 17.4. The number of nitriles is 1. The number of ether oxygens (including phenoxy) is 1. The number of rotatable bonds is 6. The van der Waals surface area contributed by atoms with Gasteiger partial charge in [0.1, 0.15) is 23.0 Å². The van der Waals surface area contributed by atoms with Gasteiger partial charge < -0.3 is 9.15 Å². The Balaban J connectivity index is 2.05. The number of esters is 1. The fourth-order valence-electron chi connectivity index (χ4n) is 2.06. The molecule has 0 spiro atoms. The van der Waals surface area contributed by atoms with Crippen LogP contribution >= 0.6 is 11.3 Å². The number of nitrogens with zero attached hydrogens (tertiary/aromatic N) is 1. The van der Waals surface area contributed by atoms with Crippen molar-refractivity contribution in [3.8, 4) is 6.07 Å². The number of thiophene rings is 1. The average molecular weight is 346 g/mol. The van der Waals surface area contributed by atoms with E-state index in [2.05, 4.69) is 10.1 Å². The summed E-state index contributed by atoms with van der Waals surface area (Å²) < 4.78 is 9.86. The van der Waals surface area contributed by atoms with E-state index in [1.54, 1.807) is 17.5 Å². The molecule has 0 aromatic carbocycles. The van der Waals surface area contributed by atoms with Gasteiger partial charge in [-0.25, -0.2) is 4.79 Å². The Morgan fingerprint density at radius 3 is 2.71 bits per heavy atom. The van der Waals surface area contributed by atoms with Crippen molar-refractivity contribution in [1.29, 1.82) is 5.26 Å². The minimum atomic E-state index is -0.721. The number of amides is 1. The van der Waals surface area contributed by atoms with E-state index in [0.29, 0.717) is 4.88 Å². The zero-order chi connectivity index (χ0) is 17.7. The summed E-state index contributed by atoms with van der Waals surface area (Å²) in [7, 11) is 1.18. The lowest BCUT2D eigenvalue weighted by Crippen LogP contribution is -2.14. The molecule has 0 aliphatic rings. The van der Waals surface area contributed by atoms with E-state index in [9.17, 15) is 19.6 Å². The molecule has 2 rings (SSSR count). The van der Waals surface area contributed by atoms with Crippen molar-refractivity contribution >= 4 is 34.9 Å². The molecule has 1 N–H and O–H groups in total. The number of carbonyl (C=O) groups is 3. The van der Waals surface area contributed by atoms with E-state index in [1.165, 1.54) is 25.4 Å². The van der Waals surface area contributed by atoms with Crippen LogP contribution in [0.4, 0.5) is 5.88 Å². The Bertz CT molecular complexity index is 814. The zero-order valence-corrected chi connectivity index (χ0v) is 13.9. The second-order valence-corrected chi connectivity index (χ2v) is 5.74. The van der Waals surface area contributed by atoms with Crippen LogP contribution in [0.5, 0.6) is 0 Å². The summed E-state index contributed by atoms with van der Waals surface area (Å²) in [5, 5.41) is 13.4. The number of carbonyl (C=O) groups excluding carboxylic acids is 3. The molecule has 24 heavy (non-hydrogen) atoms. The van der Waals surface area contributed by atoms with Crippen LogP contribution in [0, 0.1) is 18.3 Å². The van der Waals surface area contributed by atoms with Crippen LogP contribution in [-0.2, 0) is 9.53 Å². The lowest BCUT2D eigenvalue weighted by Gasteiger charge is -2.02. The number of ketones is 1. The molecular weight excluding hydrogens is 332 g/mol. The van der Waals surface area contributed by atoms with Crippen LogP contribution in [0.2, 0.25) is 0 Å². The summed E-state index contributed by atoms with van der Waals surface area (Å²) in [5.74, 6) is -1.29. The highest BCUT2D eigenvalue weighted by atomic mass is 32.1. The maximum Gasteiger partial charge on any atom is 0.342 e. The molecule has 0 aliphatic heterocycles. The molecule has 0 bridgehead atoms. The molecule has 0 fully saturated rings. The lowest BCUT2D eigenvalue weighted by atomic mass is 10.1. The number of hydrogen-bond acceptors (Lipinski definition) is 7. The topological polar surface area (TPSA) is 109 Å². The molecule has 2 heterocycles. The van der Waals surface area contributed by atoms with Crippen molar-refractivity contribution < 1.29 is 23.5 Å². The molecule has 2 aromatic heterocycles. The first-order valence-electron chi connectivity index (χ1n) is 6.96. The Hall–Kier alpha value is -2.92. The first-order chi connectivity index (χ1) is 11.5. The number of Topliss-reactive ketones (excluding diaryl/α,β-unsaturated/α-hetero) is 1. The van der Waals surface area contributed by atoms with Gasteiger partial charge in [0.15, 0.2) is 5.78 Å². The maximum atomic E-state index is 12.0. The van der Waals surface area contributed by atoms with Crippen molar-refractivity contribution in [3.63, 3.8) is 0 Å². The predicted molar refractivity (Wildman–Crippen MR) is 86.0 cm³/mol. The van der Waals surface area contributed by atoms with Gasteiger partial charge in [0.05, 0.1) is 12.0 Å². The van der Waals surface area contributed by atoms with E-state index < -0.39 is 11.9 Å². The minimum Gasteiger partial charge on any atom is -0.465 e. The Kier molecular flexibility index (Phi) is 5.50. The molecule has 1 amide bonds. The van der Waals surface area contributed by atoms with Gasteiger partial charge in [-0.2, -0.15) is 5.26 Å². The Morgan fingerprint density at radius 2 is 2.12 bits per heavy atom. The van der Waals surface area contributed by atoms with E-state index in [1.807, 2.05) is 6.07 Å². The molecule has 0 saturated carbocycles. The molecule has 124 valence electrons. The zero-order valence-electron chi connectivity index (χ0n) is 13.0. The highest BCUT2D eigenvalue weighted by molar-refractivity contribution is 7.12. The van der Waals surface area contributed by atoms with Crippen LogP contribution in [0.3, 0.4) is 0 Å². The number of furan rings is 1. The van der Waals surface area contributed by atoms with Gasteiger partial charge in [-0.05, 0) is 18.4 Å². The summed E-state index contributed by atoms with van der Waals surface area (Å²) in [5.41, 5.74) is -0.123. The SMILES string of the molecule is COC(=O)c1c(C)oc(NC(=O)CCC(=O)c2cccs2)c1C#N. The maximum absolute atomic E-state index is 12.0. The normalized spacial score (nSPS) is 10.0. The third kappa shape index (κ3) is 3.70. The molecule has 8 heteroatoms. The summed E-state index contributed by atoms with van der Waals surface area (Å²) >= 11 is 1.31. The number of methoxy groups -OCH3 is 1. The van der Waals surface area contributed by atoms with E-state index in [4.69, 9.17) is 4.42 Å². The van der Waals surface area contributed by atoms with Crippen LogP contribution in [-0.4, -0.2) is 24.8 Å². The first-order valence-corrected chi connectivity index (χ1v) is 7.84. The third-order valence-electron chi connectivity index (χ3n) is 3.21. The lowest BCUT2D eigenvalue weighted by molar-refractivity contribution is -0.116. The van der Waals surface area contributed by atoms with Crippen LogP contribution < -0.4 is 5.32 Å². The molecule has 0 unspecified atom stereocenters. The van der Waals surface area contributed by atoms with Crippen LogP contribution in [0.15, 0.2) is 21.9 Å². The van der Waals surface area contributed by atoms with Crippen LogP contribution in [0.1, 0.15) is 44.2 Å². The quantitative estimate of drug-likeness (QED) is 0.636. The second-order valence-electron chi connectivity index (χ2n) is 4.79. The molecule has 0 saturated heterocycles. The van der Waals surface area contributed by atoms with Crippen molar-refractivity contribution in [3.05, 3.63) is 39.3 Å². The largest absolute Gasteiger partial charge is 0.465 e. The van der Waals surface area contributed by atoms with Crippen molar-refractivity contribution in [2.75, 3.05) is 12.4 Å². The Labute approximate surface area is 141 Å². The number of aryl methyl sites for hydroxylation is 1. The minimum absolute atomic E-state index is 0.0232. The van der Waals surface area contributed by atoms with Gasteiger partial charge in [-0.15, -0.1) is 11.3 Å². The van der Waals surface area contributed by atoms with Crippen LogP contribution in [0.25, 0.3) is 0 Å². The number of hydrogen-bond donors (Lipinski definition) is 1. The number of nitrogens with one attached hydrogen (secondary N) is 1. The summed E-state index contributed by atoms with van der Waals surface area (Å²) in [6.45, 7) is 1.49. The van der Waals surface area contributed by atoms with E-state index in [0.717, 1.165) is 0 Å². The van der Waals surface area contributed by atoms with Crippen molar-refractivity contribution in [1.82, 2.24) is 0 Å². The molecule has 0 aliphatic carbocycles. The molecular formula is C16H14N2O5S. The van der Waals surface area contributed by atoms with Gasteiger partial charge in [0.2, 0.25) is 11.8 Å². The highest BCUT2D eigenvalue weighted by Gasteiger charge is 2.25. The van der Waals surface area contributed by atoms with Gasteiger partial charge in [-0.3, -0.25) is 14.9 Å². The standard InChI is InChI=1S/C16H14N2O5S/c1-9-14(16(21)22-2)10(8-17)15(23-9)18-13(20)6-5-11(19)12-4-3-7-24-12/h3-4,7H,5-6H2,1-2H3,(H,18,20). The third-order valence-corrected chi connectivity index (χ3v) is 4.12. The van der Waals surface area contributed by atoms with E-state index >= 15 is 0 Å². The van der Waals surface area contributed by atoms with Gasteiger partial charge >= 0.3 is 5.97 Å². The summed E-state index contributed by atoms with van der Waals surface area (Å²) in [6.07, 6.45) is -0.0211. The van der Waals surface area contributed by atoms with Crippen molar-refractivity contribution in [2.24, 2.45) is 0 Å². The van der Waals surface area contributed by atoms with Gasteiger partial charge in [-0.1, -0.05) is 6.07 Å². The number of anilines is 1. The van der Waals surface area contributed by atoms with Crippen molar-refractivity contribution in [2.45, 2.75) is 19.8 Å². The monoisotopic (exact) mass is 346 g/mol. The fraction of sp³-hybridized carbons (Fsp3) is 0.250. The summed E-state index contributed by atoms with van der Waals surface area (Å²) in [6, 6.07) is 5.27. The Morgan fingerprint density at radius 1 is 1.38 bits per heavy atom. The molecule has 0 radical (unpaired) electrons. The fourth-order valence-corrected chi connectivity index (χ4v) is 2.76. The highest BCUT2D eigenvalue weighted by Crippen LogP contribution is 2.27. The second kappa shape index (κ2) is 7.57.